The summed E-state index contributed by atoms with van der Waals surface area (Å²) in [7, 11) is 6.05. The van der Waals surface area contributed by atoms with Gasteiger partial charge < -0.3 is 9.64 Å². The molecule has 1 aromatic heterocycles. The van der Waals surface area contributed by atoms with Gasteiger partial charge in [-0.05, 0) is 64.0 Å². The molecule has 5 heteroatoms. The monoisotopic (exact) mass is 314 g/mol. The third-order valence-corrected chi connectivity index (χ3v) is 4.39. The van der Waals surface area contributed by atoms with Gasteiger partial charge in [0.2, 0.25) is 0 Å². The molecule has 0 saturated heterocycles. The summed E-state index contributed by atoms with van der Waals surface area (Å²) in [6.45, 7) is 0.819. The van der Waals surface area contributed by atoms with E-state index in [0.717, 1.165) is 29.2 Å². The largest absolute Gasteiger partial charge is 0.490 e. The third kappa shape index (κ3) is 3.91. The highest BCUT2D eigenvalue weighted by Crippen LogP contribution is 2.27. The first-order valence-electron chi connectivity index (χ1n) is 8.44. The fourth-order valence-corrected chi connectivity index (χ4v) is 3.14. The van der Waals surface area contributed by atoms with Crippen LogP contribution in [0.15, 0.2) is 24.3 Å². The Bertz CT molecular complexity index is 627. The van der Waals surface area contributed by atoms with Crippen LogP contribution >= 0.6 is 0 Å². The van der Waals surface area contributed by atoms with E-state index in [1.165, 1.54) is 32.1 Å². The second-order valence-corrected chi connectivity index (χ2v) is 6.65. The molecule has 0 atom stereocenters. The van der Waals surface area contributed by atoms with Gasteiger partial charge in [0.25, 0.3) is 0 Å². The lowest BCUT2D eigenvalue weighted by molar-refractivity contribution is 0.155. The molecular formula is C18H26N4O. The first kappa shape index (κ1) is 16.0. The summed E-state index contributed by atoms with van der Waals surface area (Å²) in [5, 5.41) is 8.50. The SMILES string of the molecule is CN(C)Cc1c(-c2ccc(OC3CCCCC3)cc2)nnn1C. The smallest absolute Gasteiger partial charge is 0.119 e. The predicted molar refractivity (Wildman–Crippen MR) is 91.3 cm³/mol. The van der Waals surface area contributed by atoms with E-state index in [9.17, 15) is 0 Å². The van der Waals surface area contributed by atoms with Gasteiger partial charge in [0.1, 0.15) is 11.4 Å². The Hall–Kier alpha value is -1.88. The van der Waals surface area contributed by atoms with E-state index in [2.05, 4.69) is 53.6 Å². The van der Waals surface area contributed by atoms with Crippen molar-refractivity contribution in [1.82, 2.24) is 19.9 Å². The van der Waals surface area contributed by atoms with Gasteiger partial charge in [-0.3, -0.25) is 4.68 Å². The molecule has 2 aromatic rings. The van der Waals surface area contributed by atoms with Gasteiger partial charge in [0, 0.05) is 19.2 Å². The predicted octanol–water partition coefficient (Wildman–Crippen LogP) is 3.26. The molecule has 1 aromatic carbocycles. The van der Waals surface area contributed by atoms with Crippen molar-refractivity contribution in [2.75, 3.05) is 14.1 Å². The minimum atomic E-state index is 0.385. The van der Waals surface area contributed by atoms with Gasteiger partial charge in [-0.2, -0.15) is 0 Å². The Balaban J connectivity index is 1.74. The number of rotatable bonds is 5. The minimum Gasteiger partial charge on any atom is -0.490 e. The molecular weight excluding hydrogens is 288 g/mol. The van der Waals surface area contributed by atoms with Gasteiger partial charge >= 0.3 is 0 Å². The number of hydrogen-bond acceptors (Lipinski definition) is 4. The van der Waals surface area contributed by atoms with Gasteiger partial charge in [-0.25, -0.2) is 0 Å². The van der Waals surface area contributed by atoms with E-state index in [-0.39, 0.29) is 0 Å². The lowest BCUT2D eigenvalue weighted by Gasteiger charge is -2.23. The van der Waals surface area contributed by atoms with Crippen LogP contribution < -0.4 is 4.74 Å². The second kappa shape index (κ2) is 7.13. The summed E-state index contributed by atoms with van der Waals surface area (Å²) in [6.07, 6.45) is 6.67. The Morgan fingerprint density at radius 1 is 1.13 bits per heavy atom. The van der Waals surface area contributed by atoms with Gasteiger partial charge in [0.15, 0.2) is 0 Å². The van der Waals surface area contributed by atoms with Crippen LogP contribution in [0.2, 0.25) is 0 Å². The van der Waals surface area contributed by atoms with Crippen molar-refractivity contribution in [3.63, 3.8) is 0 Å². The maximum atomic E-state index is 6.10. The van der Waals surface area contributed by atoms with Crippen LogP contribution in [-0.4, -0.2) is 40.1 Å². The summed E-state index contributed by atoms with van der Waals surface area (Å²) in [5.41, 5.74) is 3.16. The Kier molecular flexibility index (Phi) is 4.96. The van der Waals surface area contributed by atoms with Crippen LogP contribution in [-0.2, 0) is 13.6 Å². The van der Waals surface area contributed by atoms with Gasteiger partial charge in [0.05, 0.1) is 11.8 Å². The van der Waals surface area contributed by atoms with Crippen molar-refractivity contribution >= 4 is 0 Å². The first-order valence-corrected chi connectivity index (χ1v) is 8.44. The molecule has 0 aliphatic heterocycles. The zero-order chi connectivity index (χ0) is 16.2. The summed E-state index contributed by atoms with van der Waals surface area (Å²) < 4.78 is 7.95. The molecule has 1 heterocycles. The van der Waals surface area contributed by atoms with Crippen LogP contribution in [0, 0.1) is 0 Å². The highest BCUT2D eigenvalue weighted by Gasteiger charge is 2.16. The number of aromatic nitrogens is 3. The minimum absolute atomic E-state index is 0.385. The van der Waals surface area contributed by atoms with Crippen LogP contribution in [0.1, 0.15) is 37.8 Å². The van der Waals surface area contributed by atoms with Crippen LogP contribution in [0.4, 0.5) is 0 Å². The lowest BCUT2D eigenvalue weighted by Crippen LogP contribution is -2.19. The highest BCUT2D eigenvalue weighted by molar-refractivity contribution is 5.62. The van der Waals surface area contributed by atoms with Crippen molar-refractivity contribution in [3.8, 4) is 17.0 Å². The number of ether oxygens (including phenoxy) is 1. The quantitative estimate of drug-likeness (QED) is 0.849. The molecule has 0 amide bonds. The maximum absolute atomic E-state index is 6.10. The molecule has 124 valence electrons. The van der Waals surface area contributed by atoms with Crippen LogP contribution in [0.5, 0.6) is 5.75 Å². The first-order chi connectivity index (χ1) is 11.1. The molecule has 5 nitrogen and oxygen atoms in total. The van der Waals surface area contributed by atoms with Crippen molar-refractivity contribution in [1.29, 1.82) is 0 Å². The summed E-state index contributed by atoms with van der Waals surface area (Å²) in [6, 6.07) is 8.28. The molecule has 1 saturated carbocycles. The number of aryl methyl sites for hydroxylation is 1. The lowest BCUT2D eigenvalue weighted by atomic mass is 9.98. The molecule has 1 aliphatic rings. The van der Waals surface area contributed by atoms with E-state index in [4.69, 9.17) is 4.74 Å². The maximum Gasteiger partial charge on any atom is 0.119 e. The number of nitrogens with zero attached hydrogens (tertiary/aromatic N) is 4. The third-order valence-electron chi connectivity index (χ3n) is 4.39. The van der Waals surface area contributed by atoms with Crippen molar-refractivity contribution in [2.45, 2.75) is 44.8 Å². The average Bonchev–Trinajstić information content (AvgIpc) is 2.90. The summed E-state index contributed by atoms with van der Waals surface area (Å²) in [4.78, 5) is 2.13. The molecule has 1 fully saturated rings. The fourth-order valence-electron chi connectivity index (χ4n) is 3.14. The molecule has 0 spiro atoms. The van der Waals surface area contributed by atoms with Crippen molar-refractivity contribution in [2.24, 2.45) is 7.05 Å². The Labute approximate surface area is 138 Å². The van der Waals surface area contributed by atoms with E-state index in [0.29, 0.717) is 6.10 Å². The number of hydrogen-bond donors (Lipinski definition) is 0. The molecule has 3 rings (SSSR count). The molecule has 1 aliphatic carbocycles. The summed E-state index contributed by atoms with van der Waals surface area (Å²) >= 11 is 0. The molecule has 0 bridgehead atoms. The van der Waals surface area contributed by atoms with Gasteiger partial charge in [-0.15, -0.1) is 5.10 Å². The van der Waals surface area contributed by atoms with Crippen LogP contribution in [0.3, 0.4) is 0 Å². The Morgan fingerprint density at radius 3 is 2.48 bits per heavy atom. The molecule has 0 radical (unpaired) electrons. The van der Waals surface area contributed by atoms with E-state index in [1.54, 1.807) is 0 Å². The highest BCUT2D eigenvalue weighted by atomic mass is 16.5. The topological polar surface area (TPSA) is 43.2 Å². The molecule has 23 heavy (non-hydrogen) atoms. The van der Waals surface area contributed by atoms with Crippen LogP contribution in [0.25, 0.3) is 11.3 Å². The second-order valence-electron chi connectivity index (χ2n) is 6.65. The fraction of sp³-hybridized carbons (Fsp3) is 0.556. The molecule has 0 unspecified atom stereocenters. The zero-order valence-corrected chi connectivity index (χ0v) is 14.3. The van der Waals surface area contributed by atoms with E-state index in [1.807, 2.05) is 11.7 Å². The van der Waals surface area contributed by atoms with Crippen molar-refractivity contribution in [3.05, 3.63) is 30.0 Å². The zero-order valence-electron chi connectivity index (χ0n) is 14.3. The average molecular weight is 314 g/mol. The molecule has 0 N–H and O–H groups in total. The summed E-state index contributed by atoms with van der Waals surface area (Å²) in [5.74, 6) is 0.957. The Morgan fingerprint density at radius 2 is 1.83 bits per heavy atom. The normalized spacial score (nSPS) is 16.0. The standard InChI is InChI=1S/C18H26N4O/c1-21(2)13-17-18(19-20-22(17)3)14-9-11-16(12-10-14)23-15-7-5-4-6-8-15/h9-12,15H,4-8,13H2,1-3H3. The van der Waals surface area contributed by atoms with E-state index < -0.39 is 0 Å². The van der Waals surface area contributed by atoms with Gasteiger partial charge in [-0.1, -0.05) is 11.6 Å². The van der Waals surface area contributed by atoms with E-state index >= 15 is 0 Å². The van der Waals surface area contributed by atoms with Crippen molar-refractivity contribution < 1.29 is 4.74 Å². The number of benzene rings is 1.